The largest absolute Gasteiger partial charge is 0.392 e. The number of hydrogen-bond acceptors (Lipinski definition) is 3. The molecule has 1 fully saturated rings. The van der Waals surface area contributed by atoms with E-state index in [1.165, 1.54) is 44.1 Å². The second-order valence-corrected chi connectivity index (χ2v) is 6.72. The van der Waals surface area contributed by atoms with Crippen molar-refractivity contribution in [3.8, 4) is 0 Å². The number of nitrogens with one attached hydrogen (secondary N) is 1. The molecule has 0 radical (unpaired) electrons. The Bertz CT molecular complexity index is 390. The van der Waals surface area contributed by atoms with Gasteiger partial charge < -0.3 is 10.4 Å². The highest BCUT2D eigenvalue weighted by Gasteiger charge is 2.27. The predicted molar refractivity (Wildman–Crippen MR) is 76.0 cm³/mol. The second kappa shape index (κ2) is 5.72. The molecule has 0 bridgehead atoms. The fourth-order valence-electron chi connectivity index (χ4n) is 3.40. The average Bonchev–Trinajstić information content (AvgIpc) is 2.77. The lowest BCUT2D eigenvalue weighted by Gasteiger charge is -2.30. The number of thiophene rings is 1. The molecule has 3 unspecified atom stereocenters. The van der Waals surface area contributed by atoms with Gasteiger partial charge in [0.25, 0.3) is 0 Å². The summed E-state index contributed by atoms with van der Waals surface area (Å²) in [6, 6.07) is 3.07. The van der Waals surface area contributed by atoms with Crippen LogP contribution in [0.4, 0.5) is 0 Å². The van der Waals surface area contributed by atoms with Gasteiger partial charge in [0.05, 0.1) is 6.10 Å². The lowest BCUT2D eigenvalue weighted by atomic mass is 9.92. The molecule has 2 aliphatic carbocycles. The molecule has 2 aliphatic rings. The van der Waals surface area contributed by atoms with Crippen LogP contribution in [0.15, 0.2) is 11.4 Å². The topological polar surface area (TPSA) is 32.3 Å². The highest BCUT2D eigenvalue weighted by Crippen LogP contribution is 2.34. The van der Waals surface area contributed by atoms with Crippen LogP contribution in [0.25, 0.3) is 0 Å². The normalized spacial score (nSPS) is 32.8. The Hall–Kier alpha value is -0.380. The third kappa shape index (κ3) is 2.63. The summed E-state index contributed by atoms with van der Waals surface area (Å²) in [6.45, 7) is 0. The number of fused-ring (bicyclic) bond motifs is 1. The van der Waals surface area contributed by atoms with Crippen molar-refractivity contribution in [2.75, 3.05) is 0 Å². The van der Waals surface area contributed by atoms with Gasteiger partial charge in [0.2, 0.25) is 0 Å². The first kappa shape index (κ1) is 12.6. The molecule has 1 aromatic rings. The first-order chi connectivity index (χ1) is 8.84. The first-order valence-electron chi connectivity index (χ1n) is 7.35. The third-order valence-electron chi connectivity index (χ3n) is 4.45. The molecular formula is C15H23NOS. The Morgan fingerprint density at radius 3 is 2.94 bits per heavy atom. The monoisotopic (exact) mass is 265 g/mol. The van der Waals surface area contributed by atoms with Gasteiger partial charge in [-0.3, -0.25) is 0 Å². The van der Waals surface area contributed by atoms with E-state index in [0.717, 1.165) is 12.8 Å². The Morgan fingerprint density at radius 1 is 1.11 bits per heavy atom. The van der Waals surface area contributed by atoms with Gasteiger partial charge in [-0.1, -0.05) is 19.3 Å². The van der Waals surface area contributed by atoms with Gasteiger partial charge >= 0.3 is 0 Å². The minimum Gasteiger partial charge on any atom is -0.392 e. The molecule has 0 spiro atoms. The fourth-order valence-corrected chi connectivity index (χ4v) is 4.39. The van der Waals surface area contributed by atoms with Gasteiger partial charge in [0.15, 0.2) is 0 Å². The molecule has 2 N–H and O–H groups in total. The standard InChI is InChI=1S/C15H23NOS/c17-14-7-3-1-2-5-13(14)16-12-6-4-8-15-11(12)9-10-18-15/h9-10,12-14,16-17H,1-8H2. The van der Waals surface area contributed by atoms with Crippen molar-refractivity contribution in [3.05, 3.63) is 21.9 Å². The Labute approximate surface area is 113 Å². The number of aliphatic hydroxyl groups excluding tert-OH is 1. The van der Waals surface area contributed by atoms with Gasteiger partial charge in [0.1, 0.15) is 0 Å². The molecule has 0 aromatic carbocycles. The molecule has 18 heavy (non-hydrogen) atoms. The summed E-state index contributed by atoms with van der Waals surface area (Å²) in [7, 11) is 0. The van der Waals surface area contributed by atoms with Crippen molar-refractivity contribution < 1.29 is 5.11 Å². The lowest BCUT2D eigenvalue weighted by molar-refractivity contribution is 0.112. The van der Waals surface area contributed by atoms with E-state index in [2.05, 4.69) is 16.8 Å². The Morgan fingerprint density at radius 2 is 2.00 bits per heavy atom. The van der Waals surface area contributed by atoms with E-state index in [1.807, 2.05) is 11.3 Å². The van der Waals surface area contributed by atoms with Gasteiger partial charge in [-0.15, -0.1) is 11.3 Å². The summed E-state index contributed by atoms with van der Waals surface area (Å²) in [5.74, 6) is 0. The number of hydrogen-bond donors (Lipinski definition) is 2. The van der Waals surface area contributed by atoms with Crippen molar-refractivity contribution in [1.29, 1.82) is 0 Å². The molecule has 3 rings (SSSR count). The molecule has 0 saturated heterocycles. The van der Waals surface area contributed by atoms with E-state index < -0.39 is 0 Å². The van der Waals surface area contributed by atoms with E-state index in [0.29, 0.717) is 12.1 Å². The van der Waals surface area contributed by atoms with Crippen LogP contribution in [0.3, 0.4) is 0 Å². The summed E-state index contributed by atoms with van der Waals surface area (Å²) >= 11 is 1.89. The van der Waals surface area contributed by atoms with Crippen molar-refractivity contribution >= 4 is 11.3 Å². The van der Waals surface area contributed by atoms with Gasteiger partial charge in [-0.2, -0.15) is 0 Å². The predicted octanol–water partition coefficient (Wildman–Crippen LogP) is 3.41. The van der Waals surface area contributed by atoms with Crippen molar-refractivity contribution in [2.24, 2.45) is 0 Å². The van der Waals surface area contributed by atoms with E-state index in [-0.39, 0.29) is 6.10 Å². The van der Waals surface area contributed by atoms with E-state index in [4.69, 9.17) is 0 Å². The smallest absolute Gasteiger partial charge is 0.0693 e. The molecule has 1 aromatic heterocycles. The van der Waals surface area contributed by atoms with Gasteiger partial charge in [0, 0.05) is 17.0 Å². The molecule has 1 heterocycles. The van der Waals surface area contributed by atoms with Crippen molar-refractivity contribution in [2.45, 2.75) is 69.6 Å². The summed E-state index contributed by atoms with van der Waals surface area (Å²) in [6.07, 6.45) is 9.46. The van der Waals surface area contributed by atoms with Gasteiger partial charge in [-0.05, 0) is 49.1 Å². The van der Waals surface area contributed by atoms with Crippen LogP contribution in [0.5, 0.6) is 0 Å². The highest BCUT2D eigenvalue weighted by atomic mass is 32.1. The zero-order valence-electron chi connectivity index (χ0n) is 10.9. The molecule has 0 aliphatic heterocycles. The average molecular weight is 265 g/mol. The van der Waals surface area contributed by atoms with E-state index in [1.54, 1.807) is 4.88 Å². The maximum atomic E-state index is 10.2. The minimum absolute atomic E-state index is 0.142. The first-order valence-corrected chi connectivity index (χ1v) is 8.23. The minimum atomic E-state index is -0.142. The van der Waals surface area contributed by atoms with Gasteiger partial charge in [-0.25, -0.2) is 0 Å². The summed E-state index contributed by atoms with van der Waals surface area (Å²) in [4.78, 5) is 1.56. The molecule has 1 saturated carbocycles. The number of aliphatic hydroxyl groups is 1. The zero-order valence-corrected chi connectivity index (χ0v) is 11.7. The maximum absolute atomic E-state index is 10.2. The molecule has 2 nitrogen and oxygen atoms in total. The van der Waals surface area contributed by atoms with E-state index in [9.17, 15) is 5.11 Å². The number of aryl methyl sites for hydroxylation is 1. The molecule has 3 atom stereocenters. The van der Waals surface area contributed by atoms with Crippen LogP contribution < -0.4 is 5.32 Å². The van der Waals surface area contributed by atoms with Crippen LogP contribution in [0.2, 0.25) is 0 Å². The van der Waals surface area contributed by atoms with Crippen LogP contribution in [-0.2, 0) is 6.42 Å². The summed E-state index contributed by atoms with van der Waals surface area (Å²) in [5, 5.41) is 16.2. The quantitative estimate of drug-likeness (QED) is 0.803. The van der Waals surface area contributed by atoms with Crippen LogP contribution >= 0.6 is 11.3 Å². The summed E-state index contributed by atoms with van der Waals surface area (Å²) < 4.78 is 0. The van der Waals surface area contributed by atoms with Crippen LogP contribution in [-0.4, -0.2) is 17.3 Å². The van der Waals surface area contributed by atoms with Crippen LogP contribution in [0.1, 0.15) is 61.4 Å². The van der Waals surface area contributed by atoms with Crippen LogP contribution in [0, 0.1) is 0 Å². The second-order valence-electron chi connectivity index (χ2n) is 5.72. The fraction of sp³-hybridized carbons (Fsp3) is 0.733. The molecule has 3 heteroatoms. The zero-order chi connectivity index (χ0) is 12.4. The number of rotatable bonds is 2. The molecule has 100 valence electrons. The Kier molecular flexibility index (Phi) is 4.02. The lowest BCUT2D eigenvalue weighted by Crippen LogP contribution is -2.41. The highest BCUT2D eigenvalue weighted by molar-refractivity contribution is 7.10. The van der Waals surface area contributed by atoms with Crippen molar-refractivity contribution in [3.63, 3.8) is 0 Å². The molecule has 0 amide bonds. The third-order valence-corrected chi connectivity index (χ3v) is 5.44. The molecular weight excluding hydrogens is 242 g/mol. The Balaban J connectivity index is 1.69. The van der Waals surface area contributed by atoms with E-state index >= 15 is 0 Å². The summed E-state index contributed by atoms with van der Waals surface area (Å²) in [5.41, 5.74) is 1.50. The maximum Gasteiger partial charge on any atom is 0.0693 e. The van der Waals surface area contributed by atoms with Crippen molar-refractivity contribution in [1.82, 2.24) is 5.32 Å². The SMILES string of the molecule is OC1CCCCCC1NC1CCCc2sccc21.